The third kappa shape index (κ3) is 3.81. The number of amides is 2. The van der Waals surface area contributed by atoms with E-state index in [0.717, 1.165) is 11.1 Å². The van der Waals surface area contributed by atoms with Gasteiger partial charge in [-0.15, -0.1) is 0 Å². The van der Waals surface area contributed by atoms with E-state index >= 15 is 0 Å². The Hall–Kier alpha value is -3.40. The van der Waals surface area contributed by atoms with Gasteiger partial charge in [0.15, 0.2) is 0 Å². The molecule has 0 aliphatic carbocycles. The van der Waals surface area contributed by atoms with E-state index < -0.39 is 5.92 Å². The third-order valence-electron chi connectivity index (χ3n) is 4.18. The lowest BCUT2D eigenvalue weighted by molar-refractivity contribution is -0.116. The Balaban J connectivity index is 1.96. The van der Waals surface area contributed by atoms with Gasteiger partial charge in [0.05, 0.1) is 17.2 Å². The Morgan fingerprint density at radius 1 is 0.731 bits per heavy atom. The smallest absolute Gasteiger partial charge is 0.253 e. The maximum absolute atomic E-state index is 13.1. The lowest BCUT2D eigenvalue weighted by Crippen LogP contribution is -2.25. The Kier molecular flexibility index (Phi) is 5.44. The van der Waals surface area contributed by atoms with Crippen molar-refractivity contribution >= 4 is 17.5 Å². The molecule has 4 heteroatoms. The molecule has 0 saturated carbocycles. The van der Waals surface area contributed by atoms with E-state index in [9.17, 15) is 9.59 Å². The highest BCUT2D eigenvalue weighted by Gasteiger charge is 2.23. The molecule has 0 fully saturated rings. The van der Waals surface area contributed by atoms with Crippen molar-refractivity contribution in [1.82, 2.24) is 5.32 Å². The Morgan fingerprint density at radius 3 is 1.77 bits per heavy atom. The number of benzene rings is 3. The van der Waals surface area contributed by atoms with Crippen LogP contribution in [-0.4, -0.2) is 18.9 Å². The predicted octanol–water partition coefficient (Wildman–Crippen LogP) is 3.82. The van der Waals surface area contributed by atoms with Crippen LogP contribution in [0.25, 0.3) is 0 Å². The normalized spacial score (nSPS) is 10.4. The molecule has 4 nitrogen and oxygen atoms in total. The Bertz CT molecular complexity index is 853. The fraction of sp³-hybridized carbons (Fsp3) is 0.0909. The fourth-order valence-corrected chi connectivity index (χ4v) is 2.92. The number of carbonyl (C=O) groups excluding carboxylic acids is 2. The number of carbonyl (C=O) groups is 2. The molecular weight excluding hydrogens is 324 g/mol. The van der Waals surface area contributed by atoms with Crippen LogP contribution in [0.15, 0.2) is 84.9 Å². The molecular formula is C22H20N2O2. The van der Waals surface area contributed by atoms with Crippen molar-refractivity contribution < 1.29 is 9.59 Å². The molecule has 3 rings (SSSR count). The average molecular weight is 344 g/mol. The molecule has 0 atom stereocenters. The van der Waals surface area contributed by atoms with E-state index in [1.807, 2.05) is 60.7 Å². The lowest BCUT2D eigenvalue weighted by atomic mass is 9.90. The minimum Gasteiger partial charge on any atom is -0.355 e. The summed E-state index contributed by atoms with van der Waals surface area (Å²) in [6.07, 6.45) is 0. The minimum atomic E-state index is -0.463. The van der Waals surface area contributed by atoms with Crippen molar-refractivity contribution in [2.45, 2.75) is 5.92 Å². The summed E-state index contributed by atoms with van der Waals surface area (Å²) in [7, 11) is 1.57. The molecule has 0 aromatic heterocycles. The maximum atomic E-state index is 13.1. The van der Waals surface area contributed by atoms with Crippen molar-refractivity contribution in [3.05, 3.63) is 102 Å². The highest BCUT2D eigenvalue weighted by Crippen LogP contribution is 2.27. The molecule has 0 unspecified atom stereocenters. The van der Waals surface area contributed by atoms with Gasteiger partial charge in [-0.1, -0.05) is 72.8 Å². The standard InChI is InChI=1S/C22H20N2O2/c1-23-21(25)18-14-8-9-15-19(18)24-22(26)20(16-10-4-2-5-11-16)17-12-6-3-7-13-17/h2-15,20H,1H3,(H,23,25)(H,24,26). The number of anilines is 1. The van der Waals surface area contributed by atoms with E-state index in [1.54, 1.807) is 31.3 Å². The van der Waals surface area contributed by atoms with E-state index in [0.29, 0.717) is 11.3 Å². The first-order valence-corrected chi connectivity index (χ1v) is 8.42. The van der Waals surface area contributed by atoms with Crippen molar-refractivity contribution in [3.8, 4) is 0 Å². The summed E-state index contributed by atoms with van der Waals surface area (Å²) in [5, 5.41) is 5.52. The number of hydrogen-bond acceptors (Lipinski definition) is 2. The average Bonchev–Trinajstić information content (AvgIpc) is 2.69. The van der Waals surface area contributed by atoms with Gasteiger partial charge >= 0.3 is 0 Å². The number of rotatable bonds is 5. The summed E-state index contributed by atoms with van der Waals surface area (Å²) < 4.78 is 0. The third-order valence-corrected chi connectivity index (χ3v) is 4.18. The highest BCUT2D eigenvalue weighted by atomic mass is 16.2. The van der Waals surface area contributed by atoms with Crippen LogP contribution in [0.4, 0.5) is 5.69 Å². The van der Waals surface area contributed by atoms with Crippen LogP contribution < -0.4 is 10.6 Å². The zero-order valence-electron chi connectivity index (χ0n) is 14.5. The van der Waals surface area contributed by atoms with E-state index in [4.69, 9.17) is 0 Å². The summed E-state index contributed by atoms with van der Waals surface area (Å²) in [5.74, 6) is -0.884. The van der Waals surface area contributed by atoms with Gasteiger partial charge in [0, 0.05) is 7.05 Å². The van der Waals surface area contributed by atoms with Crippen LogP contribution >= 0.6 is 0 Å². The van der Waals surface area contributed by atoms with Gasteiger partial charge in [0.2, 0.25) is 5.91 Å². The highest BCUT2D eigenvalue weighted by molar-refractivity contribution is 6.05. The Morgan fingerprint density at radius 2 is 1.23 bits per heavy atom. The first-order valence-electron chi connectivity index (χ1n) is 8.42. The second kappa shape index (κ2) is 8.12. The molecule has 130 valence electrons. The van der Waals surface area contributed by atoms with Crippen LogP contribution in [0.2, 0.25) is 0 Å². The van der Waals surface area contributed by atoms with Gasteiger partial charge in [-0.25, -0.2) is 0 Å². The van der Waals surface area contributed by atoms with Crippen LogP contribution in [0.3, 0.4) is 0 Å². The largest absolute Gasteiger partial charge is 0.355 e. The molecule has 0 heterocycles. The van der Waals surface area contributed by atoms with Gasteiger partial charge in [-0.3, -0.25) is 9.59 Å². The molecule has 0 spiro atoms. The second-order valence-corrected chi connectivity index (χ2v) is 5.87. The summed E-state index contributed by atoms with van der Waals surface area (Å²) >= 11 is 0. The molecule has 0 saturated heterocycles. The van der Waals surface area contributed by atoms with E-state index in [1.165, 1.54) is 0 Å². The molecule has 26 heavy (non-hydrogen) atoms. The first-order chi connectivity index (χ1) is 12.7. The maximum Gasteiger partial charge on any atom is 0.253 e. The molecule has 2 N–H and O–H groups in total. The van der Waals surface area contributed by atoms with Crippen LogP contribution in [0, 0.1) is 0 Å². The van der Waals surface area contributed by atoms with Gasteiger partial charge < -0.3 is 10.6 Å². The summed E-state index contributed by atoms with van der Waals surface area (Å²) in [4.78, 5) is 25.2. The first kappa shape index (κ1) is 17.4. The van der Waals surface area contributed by atoms with Gasteiger partial charge in [0.1, 0.15) is 0 Å². The number of hydrogen-bond donors (Lipinski definition) is 2. The van der Waals surface area contributed by atoms with Crippen LogP contribution in [0.1, 0.15) is 27.4 Å². The number of nitrogens with one attached hydrogen (secondary N) is 2. The summed E-state index contributed by atoms with van der Waals surface area (Å²) in [5.41, 5.74) is 2.72. The van der Waals surface area contributed by atoms with Gasteiger partial charge in [-0.05, 0) is 23.3 Å². The van der Waals surface area contributed by atoms with Crippen molar-refractivity contribution in [3.63, 3.8) is 0 Å². The second-order valence-electron chi connectivity index (χ2n) is 5.87. The Labute approximate surface area is 152 Å². The molecule has 0 bridgehead atoms. The zero-order valence-corrected chi connectivity index (χ0v) is 14.5. The molecule has 3 aromatic carbocycles. The summed E-state index contributed by atoms with van der Waals surface area (Å²) in [6.45, 7) is 0. The molecule has 0 aliphatic rings. The van der Waals surface area contributed by atoms with Crippen LogP contribution in [0.5, 0.6) is 0 Å². The van der Waals surface area contributed by atoms with Crippen molar-refractivity contribution in [2.75, 3.05) is 12.4 Å². The molecule has 0 radical (unpaired) electrons. The molecule has 2 amide bonds. The minimum absolute atomic E-state index is 0.182. The topological polar surface area (TPSA) is 58.2 Å². The SMILES string of the molecule is CNC(=O)c1ccccc1NC(=O)C(c1ccccc1)c1ccccc1. The van der Waals surface area contributed by atoms with Crippen LogP contribution in [-0.2, 0) is 4.79 Å². The summed E-state index contributed by atoms with van der Waals surface area (Å²) in [6, 6.07) is 26.2. The monoisotopic (exact) mass is 344 g/mol. The van der Waals surface area contributed by atoms with Gasteiger partial charge in [-0.2, -0.15) is 0 Å². The van der Waals surface area contributed by atoms with E-state index in [-0.39, 0.29) is 11.8 Å². The quantitative estimate of drug-likeness (QED) is 0.739. The van der Waals surface area contributed by atoms with Gasteiger partial charge in [0.25, 0.3) is 5.91 Å². The molecule has 3 aromatic rings. The molecule has 0 aliphatic heterocycles. The van der Waals surface area contributed by atoms with Crippen molar-refractivity contribution in [2.24, 2.45) is 0 Å². The fourth-order valence-electron chi connectivity index (χ4n) is 2.92. The zero-order chi connectivity index (χ0) is 18.4. The predicted molar refractivity (Wildman–Crippen MR) is 103 cm³/mol. The number of para-hydroxylation sites is 1. The lowest BCUT2D eigenvalue weighted by Gasteiger charge is -2.19. The van der Waals surface area contributed by atoms with E-state index in [2.05, 4.69) is 10.6 Å². The van der Waals surface area contributed by atoms with Crippen molar-refractivity contribution in [1.29, 1.82) is 0 Å².